The summed E-state index contributed by atoms with van der Waals surface area (Å²) in [6.07, 6.45) is 5.78. The van der Waals surface area contributed by atoms with Crippen molar-refractivity contribution in [3.8, 4) is 56.5 Å². The van der Waals surface area contributed by atoms with E-state index >= 15 is 9.13 Å². The third-order valence-corrected chi connectivity index (χ3v) is 18.6. The van der Waals surface area contributed by atoms with E-state index in [2.05, 4.69) is 55.1 Å². The summed E-state index contributed by atoms with van der Waals surface area (Å²) in [5.41, 5.74) is 11.2. The van der Waals surface area contributed by atoms with Crippen molar-refractivity contribution in [1.82, 2.24) is 4.98 Å². The second-order valence-electron chi connectivity index (χ2n) is 17.0. The number of hydrogen-bond donors (Lipinski definition) is 0. The standard InChI is InChI=1S/C58H47NO4P2/c1-7-47(64(60)55-31-37(2)13-27-51(55)62-52-28-14-38(3)32-56(52)64)24-17-41(6)49-35-46(44-20-18-43(19-21-44)42-11-9-8-10-12-42)36-50(59-49)45-22-25-48(26-23-45)65(61)57-33-39(4)15-29-53(57)63-54-30-16-40(5)34-58(54)65/h7-36H,6H2,1-5H3/b24-17-,47-7+. The van der Waals surface area contributed by atoms with E-state index in [1.165, 1.54) is 0 Å². The molecular weight excluding hydrogens is 837 g/mol. The molecule has 0 unspecified atom stereocenters. The normalized spacial score (nSPS) is 14.3. The summed E-state index contributed by atoms with van der Waals surface area (Å²) in [5, 5.41) is 4.18. The molecule has 10 rings (SSSR count). The molecule has 0 spiro atoms. The number of benzene rings is 7. The minimum Gasteiger partial charge on any atom is -0.456 e. The van der Waals surface area contributed by atoms with Crippen molar-refractivity contribution in [2.75, 3.05) is 0 Å². The maximum absolute atomic E-state index is 15.7. The molecule has 0 aliphatic carbocycles. The van der Waals surface area contributed by atoms with Gasteiger partial charge in [0.1, 0.15) is 23.0 Å². The van der Waals surface area contributed by atoms with Crippen LogP contribution >= 0.6 is 14.3 Å². The second-order valence-corrected chi connectivity index (χ2v) is 22.4. The minimum absolute atomic E-state index is 0.602. The molecular formula is C58H47NO4P2. The first kappa shape index (κ1) is 42.0. The van der Waals surface area contributed by atoms with Gasteiger partial charge in [-0.05, 0) is 123 Å². The highest BCUT2D eigenvalue weighted by Gasteiger charge is 2.41. The molecule has 0 bridgehead atoms. The van der Waals surface area contributed by atoms with E-state index in [0.717, 1.165) is 61.1 Å². The molecule has 65 heavy (non-hydrogen) atoms. The van der Waals surface area contributed by atoms with Crippen LogP contribution in [0.1, 0.15) is 34.9 Å². The van der Waals surface area contributed by atoms with Gasteiger partial charge in [0.05, 0.1) is 32.6 Å². The van der Waals surface area contributed by atoms with Crippen LogP contribution in [0.3, 0.4) is 0 Å². The maximum atomic E-state index is 15.7. The van der Waals surface area contributed by atoms with Crippen molar-refractivity contribution in [2.45, 2.75) is 34.6 Å². The van der Waals surface area contributed by atoms with Gasteiger partial charge in [-0.25, -0.2) is 4.98 Å². The molecule has 0 atom stereocenters. The molecule has 3 heterocycles. The fourth-order valence-corrected chi connectivity index (χ4v) is 15.0. The van der Waals surface area contributed by atoms with Gasteiger partial charge < -0.3 is 18.6 Å². The number of pyridine rings is 1. The Morgan fingerprint density at radius 1 is 0.492 bits per heavy atom. The summed E-state index contributed by atoms with van der Waals surface area (Å²) in [6.45, 7) is 14.5. The first-order valence-corrected chi connectivity index (χ1v) is 25.2. The van der Waals surface area contributed by atoms with Gasteiger partial charge in [-0.3, -0.25) is 0 Å². The molecule has 2 aliphatic heterocycles. The number of rotatable bonds is 8. The Balaban J connectivity index is 1.06. The van der Waals surface area contributed by atoms with Crippen molar-refractivity contribution in [1.29, 1.82) is 0 Å². The third kappa shape index (κ3) is 7.45. The zero-order valence-corrected chi connectivity index (χ0v) is 38.8. The van der Waals surface area contributed by atoms with Gasteiger partial charge in [-0.15, -0.1) is 0 Å². The van der Waals surface area contributed by atoms with E-state index in [1.807, 2.05) is 168 Å². The number of fused-ring (bicyclic) bond motifs is 4. The van der Waals surface area contributed by atoms with E-state index in [4.69, 9.17) is 14.5 Å². The first-order chi connectivity index (χ1) is 31.4. The number of ether oxygens (including phenoxy) is 2. The SMILES string of the molecule is C=C(/C=C\C(=C/C)P1(=O)c2cc(C)ccc2Oc2ccc(C)cc21)c1cc(-c2ccc(-c3ccccc3)cc2)cc(-c2ccc(P3(=O)c4cc(C)ccc4Oc4ccc(C)cc43)cc2)n1. The molecule has 2 aliphatic rings. The van der Waals surface area contributed by atoms with E-state index in [1.54, 1.807) is 0 Å². The largest absolute Gasteiger partial charge is 0.456 e. The Kier molecular flexibility index (Phi) is 10.7. The number of hydrogen-bond acceptors (Lipinski definition) is 5. The predicted octanol–water partition coefficient (Wildman–Crippen LogP) is 13.7. The fourth-order valence-electron chi connectivity index (χ4n) is 8.88. The van der Waals surface area contributed by atoms with Crippen LogP contribution in [0.2, 0.25) is 0 Å². The van der Waals surface area contributed by atoms with Crippen LogP contribution in [-0.2, 0) is 9.13 Å². The number of allylic oxidation sites excluding steroid dienone is 5. The van der Waals surface area contributed by atoms with Crippen LogP contribution < -0.4 is 36.0 Å². The Bertz CT molecular complexity index is 3270. The van der Waals surface area contributed by atoms with Crippen molar-refractivity contribution in [2.24, 2.45) is 0 Å². The van der Waals surface area contributed by atoms with Crippen LogP contribution in [0, 0.1) is 27.7 Å². The summed E-state index contributed by atoms with van der Waals surface area (Å²) in [5.74, 6) is 2.44. The van der Waals surface area contributed by atoms with Crippen molar-refractivity contribution >= 4 is 46.4 Å². The topological polar surface area (TPSA) is 65.5 Å². The van der Waals surface area contributed by atoms with Crippen LogP contribution in [0.25, 0.3) is 39.1 Å². The van der Waals surface area contributed by atoms with Crippen LogP contribution in [-0.4, -0.2) is 4.98 Å². The molecule has 1 aromatic heterocycles. The van der Waals surface area contributed by atoms with Crippen LogP contribution in [0.5, 0.6) is 23.0 Å². The molecule has 0 fully saturated rings. The molecule has 7 aromatic carbocycles. The summed E-state index contributed by atoms with van der Waals surface area (Å²) in [6, 6.07) is 54.6. The molecule has 0 N–H and O–H groups in total. The molecule has 8 aromatic rings. The molecule has 0 amide bonds. The van der Waals surface area contributed by atoms with Crippen molar-refractivity contribution in [3.63, 3.8) is 0 Å². The highest BCUT2D eigenvalue weighted by Crippen LogP contribution is 2.59. The predicted molar refractivity (Wildman–Crippen MR) is 271 cm³/mol. The lowest BCUT2D eigenvalue weighted by Crippen LogP contribution is -2.31. The lowest BCUT2D eigenvalue weighted by atomic mass is 9.98. The van der Waals surface area contributed by atoms with E-state index in [9.17, 15) is 0 Å². The summed E-state index contributed by atoms with van der Waals surface area (Å²) >= 11 is 0. The third-order valence-electron chi connectivity index (χ3n) is 12.4. The zero-order chi connectivity index (χ0) is 45.0. The van der Waals surface area contributed by atoms with E-state index in [-0.39, 0.29) is 0 Å². The summed E-state index contributed by atoms with van der Waals surface area (Å²) in [7, 11) is -6.68. The van der Waals surface area contributed by atoms with Gasteiger partial charge in [-0.2, -0.15) is 0 Å². The highest BCUT2D eigenvalue weighted by molar-refractivity contribution is 7.85. The molecule has 7 heteroatoms. The smallest absolute Gasteiger partial charge is 0.178 e. The molecule has 5 nitrogen and oxygen atoms in total. The van der Waals surface area contributed by atoms with Gasteiger partial charge in [0, 0.05) is 16.2 Å². The molecule has 0 radical (unpaired) electrons. The number of nitrogens with zero attached hydrogens (tertiary/aromatic N) is 1. The van der Waals surface area contributed by atoms with Crippen molar-refractivity contribution < 1.29 is 18.6 Å². The average Bonchev–Trinajstić information content (AvgIpc) is 3.33. The second kappa shape index (κ2) is 16.5. The minimum atomic E-state index is -3.36. The van der Waals surface area contributed by atoms with Gasteiger partial charge >= 0.3 is 0 Å². The number of aryl methyl sites for hydroxylation is 4. The molecule has 0 saturated carbocycles. The lowest BCUT2D eigenvalue weighted by Gasteiger charge is -2.30. The monoisotopic (exact) mass is 883 g/mol. The quantitative estimate of drug-likeness (QED) is 0.112. The summed E-state index contributed by atoms with van der Waals surface area (Å²) < 4.78 is 44.0. The fraction of sp³-hybridized carbons (Fsp3) is 0.0862. The van der Waals surface area contributed by atoms with E-state index in [0.29, 0.717) is 60.8 Å². The zero-order valence-electron chi connectivity index (χ0n) is 37.0. The molecule has 318 valence electrons. The first-order valence-electron chi connectivity index (χ1n) is 21.8. The van der Waals surface area contributed by atoms with Crippen LogP contribution in [0.15, 0.2) is 194 Å². The van der Waals surface area contributed by atoms with Crippen LogP contribution in [0.4, 0.5) is 0 Å². The average molecular weight is 884 g/mol. The van der Waals surface area contributed by atoms with E-state index < -0.39 is 14.3 Å². The maximum Gasteiger partial charge on any atom is 0.178 e. The van der Waals surface area contributed by atoms with Gasteiger partial charge in [0.25, 0.3) is 0 Å². The van der Waals surface area contributed by atoms with Gasteiger partial charge in [0.15, 0.2) is 14.3 Å². The summed E-state index contributed by atoms with van der Waals surface area (Å²) in [4.78, 5) is 5.23. The Morgan fingerprint density at radius 2 is 0.938 bits per heavy atom. The Morgan fingerprint density at radius 3 is 1.45 bits per heavy atom. The number of aromatic nitrogens is 1. The Hall–Kier alpha value is -7.03. The Labute approximate surface area is 381 Å². The highest BCUT2D eigenvalue weighted by atomic mass is 31.2. The molecule has 0 saturated heterocycles. The lowest BCUT2D eigenvalue weighted by molar-refractivity contribution is 0.484. The van der Waals surface area contributed by atoms with Gasteiger partial charge in [-0.1, -0.05) is 150 Å². The van der Waals surface area contributed by atoms with Gasteiger partial charge in [0.2, 0.25) is 0 Å². The van der Waals surface area contributed by atoms with Crippen molar-refractivity contribution in [3.05, 3.63) is 222 Å².